The maximum atomic E-state index is 12.8. The Morgan fingerprint density at radius 3 is 2.26 bits per heavy atom. The van der Waals surface area contributed by atoms with Gasteiger partial charge in [0.05, 0.1) is 4.90 Å². The Morgan fingerprint density at radius 1 is 0.963 bits per heavy atom. The lowest BCUT2D eigenvalue weighted by Crippen LogP contribution is -2.40. The van der Waals surface area contributed by atoms with E-state index in [2.05, 4.69) is 36.5 Å². The van der Waals surface area contributed by atoms with Crippen LogP contribution in [0.4, 0.5) is 0 Å². The number of hydrogen-bond acceptors (Lipinski definition) is 3. The molecule has 1 saturated heterocycles. The highest BCUT2D eigenvalue weighted by atomic mass is 32.2. The van der Waals surface area contributed by atoms with Crippen molar-refractivity contribution in [2.45, 2.75) is 37.5 Å². The molecule has 1 heterocycles. The standard InChI is InChI=1S/C22H30N2O2S/c1-2-19-8-10-22(11-9-19)27(25,26)24-16-13-21(14-17-24)18-23-15-12-20-6-4-3-5-7-20/h3-11,21,23H,2,12-18H2,1H3. The monoisotopic (exact) mass is 386 g/mol. The second-order valence-corrected chi connectivity index (χ2v) is 9.22. The zero-order chi connectivity index (χ0) is 19.1. The Labute approximate surface area is 163 Å². The highest BCUT2D eigenvalue weighted by Crippen LogP contribution is 2.23. The fourth-order valence-electron chi connectivity index (χ4n) is 3.58. The number of rotatable bonds is 8. The molecule has 146 valence electrons. The van der Waals surface area contributed by atoms with Crippen LogP contribution >= 0.6 is 0 Å². The van der Waals surface area contributed by atoms with E-state index in [0.29, 0.717) is 23.9 Å². The Balaban J connectivity index is 1.43. The van der Waals surface area contributed by atoms with Crippen molar-refractivity contribution in [3.63, 3.8) is 0 Å². The van der Waals surface area contributed by atoms with Gasteiger partial charge in [0.1, 0.15) is 0 Å². The molecule has 0 bridgehead atoms. The van der Waals surface area contributed by atoms with Crippen LogP contribution in [0.25, 0.3) is 0 Å². The Hall–Kier alpha value is -1.69. The van der Waals surface area contributed by atoms with Crippen molar-refractivity contribution in [3.05, 3.63) is 65.7 Å². The van der Waals surface area contributed by atoms with Crippen molar-refractivity contribution >= 4 is 10.0 Å². The second kappa shape index (κ2) is 9.49. The molecule has 0 unspecified atom stereocenters. The van der Waals surface area contributed by atoms with Gasteiger partial charge in [-0.3, -0.25) is 0 Å². The fraction of sp³-hybridized carbons (Fsp3) is 0.455. The van der Waals surface area contributed by atoms with Gasteiger partial charge in [-0.25, -0.2) is 8.42 Å². The zero-order valence-corrected chi connectivity index (χ0v) is 16.9. The molecule has 27 heavy (non-hydrogen) atoms. The molecule has 1 fully saturated rings. The minimum Gasteiger partial charge on any atom is -0.316 e. The average molecular weight is 387 g/mol. The smallest absolute Gasteiger partial charge is 0.243 e. The first-order chi connectivity index (χ1) is 13.1. The third-order valence-electron chi connectivity index (χ3n) is 5.41. The lowest BCUT2D eigenvalue weighted by molar-refractivity contribution is 0.268. The third-order valence-corrected chi connectivity index (χ3v) is 7.32. The van der Waals surface area contributed by atoms with Crippen LogP contribution in [0.2, 0.25) is 0 Å². The predicted molar refractivity (Wildman–Crippen MR) is 110 cm³/mol. The zero-order valence-electron chi connectivity index (χ0n) is 16.1. The van der Waals surface area contributed by atoms with Crippen molar-refractivity contribution in [2.24, 2.45) is 5.92 Å². The number of sulfonamides is 1. The van der Waals surface area contributed by atoms with Crippen LogP contribution in [0.3, 0.4) is 0 Å². The lowest BCUT2D eigenvalue weighted by atomic mass is 9.98. The molecule has 2 aromatic rings. The molecule has 3 rings (SSSR count). The van der Waals surface area contributed by atoms with E-state index in [1.54, 1.807) is 16.4 Å². The van der Waals surface area contributed by atoms with Gasteiger partial charge in [-0.2, -0.15) is 4.31 Å². The predicted octanol–water partition coefficient (Wildman–Crippen LogP) is 3.48. The van der Waals surface area contributed by atoms with E-state index >= 15 is 0 Å². The number of nitrogens with one attached hydrogen (secondary N) is 1. The van der Waals surface area contributed by atoms with Gasteiger partial charge in [0.15, 0.2) is 0 Å². The van der Waals surface area contributed by atoms with E-state index in [0.717, 1.165) is 44.3 Å². The summed E-state index contributed by atoms with van der Waals surface area (Å²) in [6.07, 6.45) is 3.79. The maximum absolute atomic E-state index is 12.8. The largest absolute Gasteiger partial charge is 0.316 e. The van der Waals surface area contributed by atoms with E-state index in [-0.39, 0.29) is 0 Å². The minimum atomic E-state index is -3.36. The molecule has 0 amide bonds. The Morgan fingerprint density at radius 2 is 1.63 bits per heavy atom. The van der Waals surface area contributed by atoms with E-state index in [1.165, 1.54) is 5.56 Å². The normalized spacial score (nSPS) is 16.5. The highest BCUT2D eigenvalue weighted by Gasteiger charge is 2.29. The van der Waals surface area contributed by atoms with Crippen LogP contribution < -0.4 is 5.32 Å². The molecule has 5 heteroatoms. The fourth-order valence-corrected chi connectivity index (χ4v) is 5.05. The van der Waals surface area contributed by atoms with Gasteiger partial charge in [0, 0.05) is 13.1 Å². The van der Waals surface area contributed by atoms with Gasteiger partial charge >= 0.3 is 0 Å². The number of hydrogen-bond donors (Lipinski definition) is 1. The van der Waals surface area contributed by atoms with Crippen LogP contribution in [-0.2, 0) is 22.9 Å². The molecule has 1 aliphatic rings. The summed E-state index contributed by atoms with van der Waals surface area (Å²) in [6, 6.07) is 17.8. The molecule has 0 spiro atoms. The molecule has 0 atom stereocenters. The van der Waals surface area contributed by atoms with Crippen molar-refractivity contribution < 1.29 is 8.42 Å². The first kappa shape index (κ1) is 20.1. The van der Waals surface area contributed by atoms with Crippen molar-refractivity contribution in [3.8, 4) is 0 Å². The van der Waals surface area contributed by atoms with Crippen molar-refractivity contribution in [1.82, 2.24) is 9.62 Å². The van der Waals surface area contributed by atoms with Gasteiger partial charge in [-0.15, -0.1) is 0 Å². The Kier molecular flexibility index (Phi) is 7.05. The minimum absolute atomic E-state index is 0.416. The number of benzene rings is 2. The van der Waals surface area contributed by atoms with Crippen LogP contribution in [0.15, 0.2) is 59.5 Å². The molecule has 0 saturated carbocycles. The summed E-state index contributed by atoms with van der Waals surface area (Å²) in [4.78, 5) is 0.416. The molecule has 1 N–H and O–H groups in total. The van der Waals surface area contributed by atoms with E-state index in [1.807, 2.05) is 18.2 Å². The van der Waals surface area contributed by atoms with Crippen LogP contribution in [0.1, 0.15) is 30.9 Å². The molecule has 0 aromatic heterocycles. The van der Waals surface area contributed by atoms with Gasteiger partial charge < -0.3 is 5.32 Å². The van der Waals surface area contributed by atoms with E-state index < -0.39 is 10.0 Å². The van der Waals surface area contributed by atoms with Gasteiger partial charge in [0.25, 0.3) is 0 Å². The van der Waals surface area contributed by atoms with Crippen LogP contribution in [0, 0.1) is 5.92 Å². The number of aryl methyl sites for hydroxylation is 1. The van der Waals surface area contributed by atoms with Crippen LogP contribution in [0.5, 0.6) is 0 Å². The molecule has 2 aromatic carbocycles. The average Bonchev–Trinajstić information content (AvgIpc) is 2.72. The van der Waals surface area contributed by atoms with Crippen molar-refractivity contribution in [2.75, 3.05) is 26.2 Å². The quantitative estimate of drug-likeness (QED) is 0.707. The first-order valence-corrected chi connectivity index (χ1v) is 11.4. The Bertz CT molecular complexity index is 796. The van der Waals surface area contributed by atoms with E-state index in [4.69, 9.17) is 0 Å². The summed E-state index contributed by atoms with van der Waals surface area (Å²) in [5.74, 6) is 0.551. The van der Waals surface area contributed by atoms with Gasteiger partial charge in [0.2, 0.25) is 10.0 Å². The molecular formula is C22H30N2O2S. The number of piperidine rings is 1. The molecule has 1 aliphatic heterocycles. The molecule has 4 nitrogen and oxygen atoms in total. The summed E-state index contributed by atoms with van der Waals surface area (Å²) in [6.45, 7) is 5.23. The summed E-state index contributed by atoms with van der Waals surface area (Å²) in [5, 5.41) is 3.53. The molecular weight excluding hydrogens is 356 g/mol. The summed E-state index contributed by atoms with van der Waals surface area (Å²) in [7, 11) is -3.36. The summed E-state index contributed by atoms with van der Waals surface area (Å²) in [5.41, 5.74) is 2.51. The van der Waals surface area contributed by atoms with Crippen LogP contribution in [-0.4, -0.2) is 38.9 Å². The van der Waals surface area contributed by atoms with Gasteiger partial charge in [-0.05, 0) is 68.0 Å². The lowest BCUT2D eigenvalue weighted by Gasteiger charge is -2.31. The first-order valence-electron chi connectivity index (χ1n) is 9.93. The van der Waals surface area contributed by atoms with Gasteiger partial charge in [-0.1, -0.05) is 49.4 Å². The van der Waals surface area contributed by atoms with Crippen molar-refractivity contribution in [1.29, 1.82) is 0 Å². The summed E-state index contributed by atoms with van der Waals surface area (Å²) < 4.78 is 27.3. The SMILES string of the molecule is CCc1ccc(S(=O)(=O)N2CCC(CNCCc3ccccc3)CC2)cc1. The molecule has 0 aliphatic carbocycles. The topological polar surface area (TPSA) is 49.4 Å². The van der Waals surface area contributed by atoms with E-state index in [9.17, 15) is 8.42 Å². The second-order valence-electron chi connectivity index (χ2n) is 7.28. The maximum Gasteiger partial charge on any atom is 0.243 e. The summed E-state index contributed by atoms with van der Waals surface area (Å²) >= 11 is 0. The molecule has 0 radical (unpaired) electrons. The highest BCUT2D eigenvalue weighted by molar-refractivity contribution is 7.89. The number of nitrogens with zero attached hydrogens (tertiary/aromatic N) is 1. The third kappa shape index (κ3) is 5.41.